The van der Waals surface area contributed by atoms with Gasteiger partial charge in [-0.1, -0.05) is 6.07 Å². The van der Waals surface area contributed by atoms with Crippen LogP contribution in [0.2, 0.25) is 0 Å². The Kier molecular flexibility index (Phi) is 3.95. The molecule has 1 saturated heterocycles. The first-order valence-corrected chi connectivity index (χ1v) is 10.0. The predicted octanol–water partition coefficient (Wildman–Crippen LogP) is 3.04. The van der Waals surface area contributed by atoms with Crippen LogP contribution in [0.25, 0.3) is 10.7 Å². The number of nitrogens with zero attached hydrogens (tertiary/aromatic N) is 5. The first kappa shape index (κ1) is 16.2. The first-order chi connectivity index (χ1) is 12.7. The van der Waals surface area contributed by atoms with Crippen LogP contribution in [0.3, 0.4) is 0 Å². The second kappa shape index (κ2) is 6.33. The molecular formula is C19H23N5OS. The number of furan rings is 1. The van der Waals surface area contributed by atoms with Gasteiger partial charge in [0.1, 0.15) is 5.82 Å². The van der Waals surface area contributed by atoms with Crippen LogP contribution >= 0.6 is 11.3 Å². The van der Waals surface area contributed by atoms with Gasteiger partial charge in [-0.15, -0.1) is 21.5 Å². The normalized spacial score (nSPS) is 20.5. The van der Waals surface area contributed by atoms with Gasteiger partial charge >= 0.3 is 0 Å². The summed E-state index contributed by atoms with van der Waals surface area (Å²) in [7, 11) is 2.20. The molecule has 0 aliphatic carbocycles. The molecule has 0 radical (unpaired) electrons. The molecule has 0 saturated carbocycles. The lowest BCUT2D eigenvalue weighted by Crippen LogP contribution is -2.55. The van der Waals surface area contributed by atoms with Crippen LogP contribution in [-0.2, 0) is 18.6 Å². The van der Waals surface area contributed by atoms with Crippen molar-refractivity contribution in [1.82, 2.24) is 24.6 Å². The van der Waals surface area contributed by atoms with Crippen LogP contribution in [0.5, 0.6) is 0 Å². The number of hydrogen-bond donors (Lipinski definition) is 0. The summed E-state index contributed by atoms with van der Waals surface area (Å²) in [5, 5.41) is 11.2. The Morgan fingerprint density at radius 2 is 2.12 bits per heavy atom. The zero-order valence-corrected chi connectivity index (χ0v) is 15.8. The van der Waals surface area contributed by atoms with Gasteiger partial charge < -0.3 is 8.98 Å². The summed E-state index contributed by atoms with van der Waals surface area (Å²) in [5.74, 6) is 2.15. The molecule has 2 aliphatic heterocycles. The first-order valence-electron chi connectivity index (χ1n) is 9.14. The van der Waals surface area contributed by atoms with E-state index < -0.39 is 0 Å². The molecule has 0 bridgehead atoms. The van der Waals surface area contributed by atoms with E-state index in [1.54, 1.807) is 17.6 Å². The van der Waals surface area contributed by atoms with Crippen LogP contribution < -0.4 is 0 Å². The van der Waals surface area contributed by atoms with Crippen molar-refractivity contribution >= 4 is 11.3 Å². The van der Waals surface area contributed by atoms with Crippen molar-refractivity contribution in [3.05, 3.63) is 47.5 Å². The number of aromatic nitrogens is 3. The van der Waals surface area contributed by atoms with Gasteiger partial charge in [-0.3, -0.25) is 9.80 Å². The Bertz CT molecular complexity index is 862. The number of likely N-dealkylation sites (tertiary alicyclic amines) is 1. The summed E-state index contributed by atoms with van der Waals surface area (Å²) < 4.78 is 7.69. The maximum atomic E-state index is 5.22. The molecule has 3 aromatic heterocycles. The Hall–Kier alpha value is -1.96. The summed E-state index contributed by atoms with van der Waals surface area (Å²) in [6, 6.07) is 6.31. The smallest absolute Gasteiger partial charge is 0.174 e. The van der Waals surface area contributed by atoms with E-state index in [4.69, 9.17) is 4.42 Å². The molecule has 6 nitrogen and oxygen atoms in total. The monoisotopic (exact) mass is 369 g/mol. The molecule has 0 N–H and O–H groups in total. The zero-order chi connectivity index (χ0) is 17.6. The van der Waals surface area contributed by atoms with Crippen molar-refractivity contribution in [3.63, 3.8) is 0 Å². The Morgan fingerprint density at radius 1 is 1.23 bits per heavy atom. The fourth-order valence-electron chi connectivity index (χ4n) is 4.50. The maximum absolute atomic E-state index is 5.22. The van der Waals surface area contributed by atoms with Crippen LogP contribution in [-0.4, -0.2) is 51.2 Å². The second-order valence-electron chi connectivity index (χ2n) is 7.56. The van der Waals surface area contributed by atoms with Gasteiger partial charge in [0.05, 0.1) is 29.5 Å². The molecule has 0 amide bonds. The minimum atomic E-state index is 0.0953. The lowest BCUT2D eigenvalue weighted by Gasteiger charge is -2.48. The molecule has 0 unspecified atom stereocenters. The van der Waals surface area contributed by atoms with Gasteiger partial charge in [0.2, 0.25) is 0 Å². The topological polar surface area (TPSA) is 50.3 Å². The SMILES string of the molecule is CN1Cc2nnc(-c3cccs3)n2C2(CCN(Cc3ccoc3)CC2)C1. The van der Waals surface area contributed by atoms with Crippen LogP contribution in [0, 0.1) is 0 Å². The van der Waals surface area contributed by atoms with Gasteiger partial charge in [0, 0.05) is 31.7 Å². The number of likely N-dealkylation sites (N-methyl/N-ethyl adjacent to an activating group) is 1. The van der Waals surface area contributed by atoms with Gasteiger partial charge in [-0.05, 0) is 37.4 Å². The van der Waals surface area contributed by atoms with E-state index in [-0.39, 0.29) is 5.54 Å². The largest absolute Gasteiger partial charge is 0.472 e. The van der Waals surface area contributed by atoms with Crippen molar-refractivity contribution in [2.24, 2.45) is 0 Å². The molecule has 1 fully saturated rings. The van der Waals surface area contributed by atoms with Gasteiger partial charge in [0.25, 0.3) is 0 Å². The Balaban J connectivity index is 1.44. The average Bonchev–Trinajstić information content (AvgIpc) is 3.37. The molecule has 26 heavy (non-hydrogen) atoms. The van der Waals surface area contributed by atoms with Crippen LogP contribution in [0.1, 0.15) is 24.2 Å². The maximum Gasteiger partial charge on any atom is 0.174 e. The lowest BCUT2D eigenvalue weighted by atomic mass is 9.84. The van der Waals surface area contributed by atoms with Crippen molar-refractivity contribution in [1.29, 1.82) is 0 Å². The average molecular weight is 369 g/mol. The fourth-order valence-corrected chi connectivity index (χ4v) is 5.20. The van der Waals surface area contributed by atoms with E-state index in [0.717, 1.165) is 57.2 Å². The Labute approximate surface area is 157 Å². The molecule has 0 aromatic carbocycles. The molecule has 5 heterocycles. The standard InChI is InChI=1S/C19H23N5OS/c1-22-12-17-20-21-18(16-3-2-10-26-16)24(17)19(14-22)5-7-23(8-6-19)11-15-4-9-25-13-15/h2-4,9-10,13H,5-8,11-12,14H2,1H3. The molecule has 5 rings (SSSR count). The number of piperidine rings is 1. The van der Waals surface area contributed by atoms with Crippen molar-refractivity contribution in [2.75, 3.05) is 26.7 Å². The number of rotatable bonds is 3. The number of hydrogen-bond acceptors (Lipinski definition) is 6. The number of thiophene rings is 1. The summed E-state index contributed by atoms with van der Waals surface area (Å²) in [5.41, 5.74) is 1.35. The van der Waals surface area contributed by atoms with E-state index in [0.29, 0.717) is 0 Å². The van der Waals surface area contributed by atoms with E-state index in [1.165, 1.54) is 10.4 Å². The molecule has 3 aromatic rings. The predicted molar refractivity (Wildman–Crippen MR) is 101 cm³/mol. The highest BCUT2D eigenvalue weighted by Crippen LogP contribution is 2.39. The highest BCUT2D eigenvalue weighted by Gasteiger charge is 2.43. The summed E-state index contributed by atoms with van der Waals surface area (Å²) in [6.45, 7) is 5.07. The highest BCUT2D eigenvalue weighted by molar-refractivity contribution is 7.13. The van der Waals surface area contributed by atoms with E-state index in [2.05, 4.69) is 55.2 Å². The fraction of sp³-hybridized carbons (Fsp3) is 0.474. The second-order valence-corrected chi connectivity index (χ2v) is 8.50. The minimum absolute atomic E-state index is 0.0953. The van der Waals surface area contributed by atoms with Crippen LogP contribution in [0.4, 0.5) is 0 Å². The van der Waals surface area contributed by atoms with Gasteiger partial charge in [-0.25, -0.2) is 0 Å². The van der Waals surface area contributed by atoms with Gasteiger partial charge in [0.15, 0.2) is 5.82 Å². The van der Waals surface area contributed by atoms with E-state index in [1.807, 2.05) is 6.26 Å². The molecule has 7 heteroatoms. The summed E-state index contributed by atoms with van der Waals surface area (Å²) >= 11 is 1.75. The van der Waals surface area contributed by atoms with E-state index >= 15 is 0 Å². The van der Waals surface area contributed by atoms with Crippen molar-refractivity contribution in [3.8, 4) is 10.7 Å². The molecule has 2 aliphatic rings. The molecular weight excluding hydrogens is 346 g/mol. The molecule has 136 valence electrons. The third-order valence-electron chi connectivity index (χ3n) is 5.69. The third-order valence-corrected chi connectivity index (χ3v) is 6.56. The van der Waals surface area contributed by atoms with E-state index in [9.17, 15) is 0 Å². The number of fused-ring (bicyclic) bond motifs is 2. The summed E-state index contributed by atoms with van der Waals surface area (Å²) in [6.07, 6.45) is 5.86. The third kappa shape index (κ3) is 2.71. The summed E-state index contributed by atoms with van der Waals surface area (Å²) in [4.78, 5) is 6.14. The lowest BCUT2D eigenvalue weighted by molar-refractivity contribution is 0.0490. The quantitative estimate of drug-likeness (QED) is 0.710. The van der Waals surface area contributed by atoms with Gasteiger partial charge in [-0.2, -0.15) is 0 Å². The highest BCUT2D eigenvalue weighted by atomic mass is 32.1. The Morgan fingerprint density at radius 3 is 2.85 bits per heavy atom. The van der Waals surface area contributed by atoms with Crippen molar-refractivity contribution in [2.45, 2.75) is 31.5 Å². The zero-order valence-electron chi connectivity index (χ0n) is 15.0. The van der Waals surface area contributed by atoms with Crippen LogP contribution in [0.15, 0.2) is 40.5 Å². The molecule has 0 atom stereocenters. The molecule has 1 spiro atoms. The van der Waals surface area contributed by atoms with Crippen molar-refractivity contribution < 1.29 is 4.42 Å². The minimum Gasteiger partial charge on any atom is -0.472 e.